The summed E-state index contributed by atoms with van der Waals surface area (Å²) < 4.78 is 1.91. The van der Waals surface area contributed by atoms with Crippen molar-refractivity contribution >= 4 is 23.2 Å². The molecule has 5 nitrogen and oxygen atoms in total. The maximum absolute atomic E-state index is 7.66. The Morgan fingerprint density at radius 1 is 1.25 bits per heavy atom. The number of aryl methyl sites for hydroxylation is 1. The Hall–Kier alpha value is -2.34. The summed E-state index contributed by atoms with van der Waals surface area (Å²) in [7, 11) is 0. The van der Waals surface area contributed by atoms with Crippen molar-refractivity contribution in [2.45, 2.75) is 17.0 Å². The molecule has 3 rings (SSSR count). The van der Waals surface area contributed by atoms with E-state index in [9.17, 15) is 0 Å². The lowest BCUT2D eigenvalue weighted by Crippen LogP contribution is -2.12. The first-order valence-corrected chi connectivity index (χ1v) is 6.89. The number of nitrogen functional groups attached to an aromatic ring is 1. The summed E-state index contributed by atoms with van der Waals surface area (Å²) in [5, 5.41) is 16.7. The molecule has 0 unspecified atom stereocenters. The molecular weight excluding hydrogens is 270 g/mol. The number of aromatic nitrogens is 3. The Kier molecular flexibility index (Phi) is 3.15. The fraction of sp³-hybridized carbons (Fsp3) is 0.0714. The minimum absolute atomic E-state index is 0.0568. The van der Waals surface area contributed by atoms with Gasteiger partial charge in [0.15, 0.2) is 10.8 Å². The van der Waals surface area contributed by atoms with Gasteiger partial charge in [-0.25, -0.2) is 0 Å². The SMILES string of the molecule is Cc1ccc(C(=N)N)c(Sc2nnc3ccccn23)c1. The highest BCUT2D eigenvalue weighted by Gasteiger charge is 2.11. The third kappa shape index (κ3) is 2.25. The van der Waals surface area contributed by atoms with Crippen LogP contribution in [0.5, 0.6) is 0 Å². The zero-order valence-electron chi connectivity index (χ0n) is 10.9. The van der Waals surface area contributed by atoms with E-state index in [0.29, 0.717) is 5.56 Å². The van der Waals surface area contributed by atoms with Crippen LogP contribution < -0.4 is 5.73 Å². The topological polar surface area (TPSA) is 80.1 Å². The first-order valence-electron chi connectivity index (χ1n) is 6.08. The predicted octanol–water partition coefficient (Wildman–Crippen LogP) is 2.47. The molecule has 2 aromatic heterocycles. The van der Waals surface area contributed by atoms with Crippen LogP contribution in [0.2, 0.25) is 0 Å². The van der Waals surface area contributed by atoms with Crippen molar-refractivity contribution < 1.29 is 0 Å². The van der Waals surface area contributed by atoms with E-state index in [1.54, 1.807) is 0 Å². The number of nitrogens with one attached hydrogen (secondary N) is 1. The molecule has 0 amide bonds. The number of hydrogen-bond donors (Lipinski definition) is 2. The number of pyridine rings is 1. The van der Waals surface area contributed by atoms with Crippen molar-refractivity contribution in [1.82, 2.24) is 14.6 Å². The normalized spacial score (nSPS) is 10.8. The second kappa shape index (κ2) is 4.97. The van der Waals surface area contributed by atoms with Gasteiger partial charge in [0.05, 0.1) is 0 Å². The Balaban J connectivity index is 2.07. The van der Waals surface area contributed by atoms with Crippen LogP contribution in [0.15, 0.2) is 52.6 Å². The van der Waals surface area contributed by atoms with E-state index in [1.807, 2.05) is 53.9 Å². The molecule has 0 saturated carbocycles. The molecule has 0 aliphatic rings. The van der Waals surface area contributed by atoms with Gasteiger partial charge in [-0.2, -0.15) is 0 Å². The standard InChI is InChI=1S/C14H13N5S/c1-9-5-6-10(13(15)16)11(8-9)20-14-18-17-12-4-2-3-7-19(12)14/h2-8H,1H3,(H3,15,16). The van der Waals surface area contributed by atoms with Gasteiger partial charge in [0.2, 0.25) is 0 Å². The Bertz CT molecular complexity index is 793. The molecule has 0 bridgehead atoms. The molecule has 1 aromatic carbocycles. The van der Waals surface area contributed by atoms with Crippen molar-refractivity contribution in [2.75, 3.05) is 0 Å². The van der Waals surface area contributed by atoms with E-state index in [1.165, 1.54) is 11.8 Å². The van der Waals surface area contributed by atoms with Crippen LogP contribution in [0, 0.1) is 12.3 Å². The van der Waals surface area contributed by atoms with E-state index in [-0.39, 0.29) is 5.84 Å². The average Bonchev–Trinajstić information content (AvgIpc) is 2.82. The van der Waals surface area contributed by atoms with Crippen LogP contribution in [0.1, 0.15) is 11.1 Å². The average molecular weight is 283 g/mol. The molecule has 20 heavy (non-hydrogen) atoms. The van der Waals surface area contributed by atoms with Crippen LogP contribution in [-0.4, -0.2) is 20.4 Å². The molecule has 0 spiro atoms. The van der Waals surface area contributed by atoms with Gasteiger partial charge in [0.1, 0.15) is 5.84 Å². The lowest BCUT2D eigenvalue weighted by molar-refractivity contribution is 0.921. The number of hydrogen-bond acceptors (Lipinski definition) is 4. The van der Waals surface area contributed by atoms with Gasteiger partial charge in [0, 0.05) is 16.7 Å². The maximum Gasteiger partial charge on any atom is 0.200 e. The molecule has 0 aliphatic heterocycles. The molecule has 0 saturated heterocycles. The number of rotatable bonds is 3. The van der Waals surface area contributed by atoms with Crippen molar-refractivity contribution in [2.24, 2.45) is 5.73 Å². The lowest BCUT2D eigenvalue weighted by atomic mass is 10.1. The Morgan fingerprint density at radius 3 is 2.90 bits per heavy atom. The first kappa shape index (κ1) is 12.7. The van der Waals surface area contributed by atoms with E-state index in [0.717, 1.165) is 21.3 Å². The third-order valence-corrected chi connectivity index (χ3v) is 3.93. The van der Waals surface area contributed by atoms with Crippen LogP contribution in [0.3, 0.4) is 0 Å². The second-order valence-corrected chi connectivity index (χ2v) is 5.44. The van der Waals surface area contributed by atoms with Crippen LogP contribution in [0.25, 0.3) is 5.65 Å². The van der Waals surface area contributed by atoms with Gasteiger partial charge in [-0.3, -0.25) is 9.81 Å². The highest BCUT2D eigenvalue weighted by atomic mass is 32.2. The Morgan fingerprint density at radius 2 is 2.10 bits per heavy atom. The summed E-state index contributed by atoms with van der Waals surface area (Å²) in [6, 6.07) is 11.6. The third-order valence-electron chi connectivity index (χ3n) is 2.91. The van der Waals surface area contributed by atoms with Crippen LogP contribution in [0.4, 0.5) is 0 Å². The monoisotopic (exact) mass is 283 g/mol. The van der Waals surface area contributed by atoms with E-state index in [2.05, 4.69) is 10.2 Å². The quantitative estimate of drug-likeness (QED) is 0.571. The molecule has 0 aliphatic carbocycles. The molecule has 100 valence electrons. The van der Waals surface area contributed by atoms with E-state index < -0.39 is 0 Å². The zero-order valence-corrected chi connectivity index (χ0v) is 11.7. The minimum Gasteiger partial charge on any atom is -0.384 e. The van der Waals surface area contributed by atoms with E-state index >= 15 is 0 Å². The maximum atomic E-state index is 7.66. The number of nitrogens with two attached hydrogens (primary N) is 1. The summed E-state index contributed by atoms with van der Waals surface area (Å²) in [6.45, 7) is 2.01. The summed E-state index contributed by atoms with van der Waals surface area (Å²) in [5.41, 5.74) is 8.26. The van der Waals surface area contributed by atoms with Crippen LogP contribution in [-0.2, 0) is 0 Å². The summed E-state index contributed by atoms with van der Waals surface area (Å²) in [6.07, 6.45) is 1.92. The zero-order chi connectivity index (χ0) is 14.1. The molecule has 2 heterocycles. The molecular formula is C14H13N5S. The van der Waals surface area contributed by atoms with Crippen molar-refractivity contribution in [1.29, 1.82) is 5.41 Å². The molecule has 0 atom stereocenters. The van der Waals surface area contributed by atoms with Gasteiger partial charge in [-0.1, -0.05) is 12.1 Å². The van der Waals surface area contributed by atoms with Crippen molar-refractivity contribution in [3.05, 3.63) is 53.7 Å². The van der Waals surface area contributed by atoms with Crippen molar-refractivity contribution in [3.8, 4) is 0 Å². The molecule has 0 radical (unpaired) electrons. The number of benzene rings is 1. The first-order chi connectivity index (χ1) is 9.65. The van der Waals surface area contributed by atoms with Gasteiger partial charge < -0.3 is 5.73 Å². The minimum atomic E-state index is 0.0568. The fourth-order valence-corrected chi connectivity index (χ4v) is 2.99. The second-order valence-electron chi connectivity index (χ2n) is 4.43. The number of amidine groups is 1. The molecule has 3 aromatic rings. The number of nitrogens with zero attached hydrogens (tertiary/aromatic N) is 3. The summed E-state index contributed by atoms with van der Waals surface area (Å²) in [4.78, 5) is 0.913. The number of fused-ring (bicyclic) bond motifs is 1. The Labute approximate surface area is 120 Å². The van der Waals surface area contributed by atoms with Crippen molar-refractivity contribution in [3.63, 3.8) is 0 Å². The van der Waals surface area contributed by atoms with E-state index in [4.69, 9.17) is 11.1 Å². The van der Waals surface area contributed by atoms with Gasteiger partial charge >= 0.3 is 0 Å². The van der Waals surface area contributed by atoms with Gasteiger partial charge in [-0.15, -0.1) is 10.2 Å². The summed E-state index contributed by atoms with van der Waals surface area (Å²) >= 11 is 1.46. The van der Waals surface area contributed by atoms with Gasteiger partial charge in [-0.05, 0) is 48.5 Å². The fourth-order valence-electron chi connectivity index (χ4n) is 1.92. The van der Waals surface area contributed by atoms with Crippen LogP contribution >= 0.6 is 11.8 Å². The largest absolute Gasteiger partial charge is 0.384 e. The smallest absolute Gasteiger partial charge is 0.200 e. The molecule has 0 fully saturated rings. The lowest BCUT2D eigenvalue weighted by Gasteiger charge is -2.07. The predicted molar refractivity (Wildman–Crippen MR) is 79.3 cm³/mol. The molecule has 6 heteroatoms. The molecule has 3 N–H and O–H groups in total. The highest BCUT2D eigenvalue weighted by molar-refractivity contribution is 7.99. The summed E-state index contributed by atoms with van der Waals surface area (Å²) in [5.74, 6) is 0.0568. The highest BCUT2D eigenvalue weighted by Crippen LogP contribution is 2.30. The van der Waals surface area contributed by atoms with Gasteiger partial charge in [0.25, 0.3) is 0 Å².